The van der Waals surface area contributed by atoms with E-state index in [-0.39, 0.29) is 0 Å². The second-order valence-electron chi connectivity index (χ2n) is 5.22. The number of hydrogen-bond acceptors (Lipinski definition) is 5. The Morgan fingerprint density at radius 1 is 1.50 bits per heavy atom. The van der Waals surface area contributed by atoms with Gasteiger partial charge < -0.3 is 15.4 Å². The molecule has 5 nitrogen and oxygen atoms in total. The molecule has 5 heteroatoms. The lowest BCUT2D eigenvalue weighted by Gasteiger charge is -2.26. The van der Waals surface area contributed by atoms with E-state index in [1.165, 1.54) is 19.3 Å². The first-order chi connectivity index (χ1) is 8.74. The molecule has 102 valence electrons. The zero-order valence-electron chi connectivity index (χ0n) is 11.0. The first-order valence-electron chi connectivity index (χ1n) is 6.96. The van der Waals surface area contributed by atoms with Crippen LogP contribution in [0.5, 0.6) is 0 Å². The van der Waals surface area contributed by atoms with Crippen molar-refractivity contribution in [2.24, 2.45) is 11.7 Å². The lowest BCUT2D eigenvalue weighted by molar-refractivity contribution is 0.127. The minimum Gasteiger partial charge on any atom is -0.383 e. The fourth-order valence-corrected chi connectivity index (χ4v) is 2.73. The van der Waals surface area contributed by atoms with E-state index in [2.05, 4.69) is 17.1 Å². The molecule has 1 fully saturated rings. The molecule has 1 aliphatic carbocycles. The molecular weight excluding hydrogens is 230 g/mol. The van der Waals surface area contributed by atoms with E-state index in [4.69, 9.17) is 10.3 Å². The highest BCUT2D eigenvalue weighted by molar-refractivity contribution is 4.99. The summed E-state index contributed by atoms with van der Waals surface area (Å²) in [5.74, 6) is 2.25. The zero-order valence-corrected chi connectivity index (χ0v) is 11.0. The maximum Gasteiger partial charge on any atom is 0.255 e. The van der Waals surface area contributed by atoms with E-state index in [0.717, 1.165) is 24.6 Å². The monoisotopic (exact) mass is 253 g/mol. The maximum absolute atomic E-state index is 9.75. The Balaban J connectivity index is 2.00. The molecule has 2 unspecified atom stereocenters. The van der Waals surface area contributed by atoms with Gasteiger partial charge in [0.05, 0.1) is 0 Å². The number of aliphatic hydroxyl groups excluding tert-OH is 1. The lowest BCUT2D eigenvalue weighted by atomic mass is 9.80. The number of hydrogen-bond donors (Lipinski definition) is 2. The predicted octanol–water partition coefficient (Wildman–Crippen LogP) is 2.14. The third kappa shape index (κ3) is 3.09. The highest BCUT2D eigenvalue weighted by atomic mass is 16.5. The molecule has 3 N–H and O–H groups in total. The summed E-state index contributed by atoms with van der Waals surface area (Å²) in [6.45, 7) is 2.65. The van der Waals surface area contributed by atoms with Gasteiger partial charge in [0.2, 0.25) is 0 Å². The third-order valence-electron chi connectivity index (χ3n) is 3.91. The molecule has 18 heavy (non-hydrogen) atoms. The summed E-state index contributed by atoms with van der Waals surface area (Å²) in [6.07, 6.45) is 5.78. The molecule has 0 saturated heterocycles. The Morgan fingerprint density at radius 2 is 2.33 bits per heavy atom. The van der Waals surface area contributed by atoms with Gasteiger partial charge in [0, 0.05) is 5.92 Å². The summed E-state index contributed by atoms with van der Waals surface area (Å²) >= 11 is 0. The second kappa shape index (κ2) is 6.29. The van der Waals surface area contributed by atoms with E-state index in [0.29, 0.717) is 24.8 Å². The lowest BCUT2D eigenvalue weighted by Crippen LogP contribution is -2.15. The molecule has 1 aromatic rings. The number of aliphatic hydroxyl groups is 1. The van der Waals surface area contributed by atoms with Crippen molar-refractivity contribution < 1.29 is 9.63 Å². The van der Waals surface area contributed by atoms with Crippen LogP contribution in [0.3, 0.4) is 0 Å². The molecule has 0 aromatic carbocycles. The molecule has 1 aliphatic rings. The molecule has 1 saturated carbocycles. The summed E-state index contributed by atoms with van der Waals surface area (Å²) in [4.78, 5) is 4.34. The van der Waals surface area contributed by atoms with E-state index >= 15 is 0 Å². The summed E-state index contributed by atoms with van der Waals surface area (Å²) in [7, 11) is 0. The van der Waals surface area contributed by atoms with Gasteiger partial charge in [-0.25, -0.2) is 0 Å². The van der Waals surface area contributed by atoms with E-state index in [1.807, 2.05) is 0 Å². The Hall–Kier alpha value is -0.940. The standard InChI is InChI=1S/C13H23N3O2/c1-2-9-4-3-5-10(8-9)12-15-13(18-16-12)11(17)6-7-14/h9-11,17H,2-8,14H2,1H3/t9?,10?,11-/m0/s1. The second-order valence-corrected chi connectivity index (χ2v) is 5.22. The fraction of sp³-hybridized carbons (Fsp3) is 0.846. The Bertz CT molecular complexity index is 367. The summed E-state index contributed by atoms with van der Waals surface area (Å²) in [5.41, 5.74) is 5.40. The smallest absolute Gasteiger partial charge is 0.255 e. The van der Waals surface area contributed by atoms with Gasteiger partial charge in [0.15, 0.2) is 5.82 Å². The first kappa shape index (κ1) is 13.5. The highest BCUT2D eigenvalue weighted by Gasteiger charge is 2.26. The predicted molar refractivity (Wildman–Crippen MR) is 67.9 cm³/mol. The van der Waals surface area contributed by atoms with E-state index in [1.54, 1.807) is 0 Å². The normalized spacial score (nSPS) is 26.2. The number of nitrogens with two attached hydrogens (primary N) is 1. The van der Waals surface area contributed by atoms with Gasteiger partial charge in [0.1, 0.15) is 6.10 Å². The minimum atomic E-state index is -0.721. The fourth-order valence-electron chi connectivity index (χ4n) is 2.73. The number of rotatable bonds is 5. The average molecular weight is 253 g/mol. The quantitative estimate of drug-likeness (QED) is 0.839. The van der Waals surface area contributed by atoms with Crippen LogP contribution < -0.4 is 5.73 Å². The van der Waals surface area contributed by atoms with Crippen molar-refractivity contribution >= 4 is 0 Å². The van der Waals surface area contributed by atoms with Crippen LogP contribution in [0.4, 0.5) is 0 Å². The van der Waals surface area contributed by atoms with Crippen molar-refractivity contribution in [3.63, 3.8) is 0 Å². The summed E-state index contributed by atoms with van der Waals surface area (Å²) in [5, 5.41) is 13.8. The molecule has 3 atom stereocenters. The van der Waals surface area contributed by atoms with Crippen LogP contribution >= 0.6 is 0 Å². The number of aromatic nitrogens is 2. The first-order valence-corrected chi connectivity index (χ1v) is 6.96. The van der Waals surface area contributed by atoms with Gasteiger partial charge in [-0.1, -0.05) is 31.3 Å². The van der Waals surface area contributed by atoms with Crippen molar-refractivity contribution in [2.75, 3.05) is 6.54 Å². The maximum atomic E-state index is 9.75. The summed E-state index contributed by atoms with van der Waals surface area (Å²) < 4.78 is 5.13. The van der Waals surface area contributed by atoms with Crippen LogP contribution in [-0.4, -0.2) is 21.8 Å². The van der Waals surface area contributed by atoms with Gasteiger partial charge in [-0.3, -0.25) is 0 Å². The third-order valence-corrected chi connectivity index (χ3v) is 3.91. The van der Waals surface area contributed by atoms with E-state index < -0.39 is 6.10 Å². The summed E-state index contributed by atoms with van der Waals surface area (Å²) in [6, 6.07) is 0. The Labute approximate surface area is 108 Å². The molecule has 1 heterocycles. The van der Waals surface area contributed by atoms with Crippen LogP contribution in [0.15, 0.2) is 4.52 Å². The SMILES string of the molecule is CCC1CCCC(c2noc([C@@H](O)CCN)n2)C1. The van der Waals surface area contributed by atoms with E-state index in [9.17, 15) is 5.11 Å². The van der Waals surface area contributed by atoms with Gasteiger partial charge in [-0.15, -0.1) is 0 Å². The van der Waals surface area contributed by atoms with Crippen molar-refractivity contribution in [1.29, 1.82) is 0 Å². The van der Waals surface area contributed by atoms with Crippen LogP contribution in [0.2, 0.25) is 0 Å². The van der Waals surface area contributed by atoms with Crippen molar-refractivity contribution in [3.8, 4) is 0 Å². The Morgan fingerprint density at radius 3 is 3.06 bits per heavy atom. The zero-order chi connectivity index (χ0) is 13.0. The molecule has 1 aromatic heterocycles. The van der Waals surface area contributed by atoms with Crippen molar-refractivity contribution in [1.82, 2.24) is 10.1 Å². The van der Waals surface area contributed by atoms with Gasteiger partial charge >= 0.3 is 0 Å². The molecule has 2 rings (SSSR count). The Kier molecular flexibility index (Phi) is 4.72. The van der Waals surface area contributed by atoms with Crippen LogP contribution in [-0.2, 0) is 0 Å². The highest BCUT2D eigenvalue weighted by Crippen LogP contribution is 2.36. The molecular formula is C13H23N3O2. The van der Waals surface area contributed by atoms with Gasteiger partial charge in [-0.05, 0) is 31.7 Å². The minimum absolute atomic E-state index is 0.314. The topological polar surface area (TPSA) is 85.2 Å². The molecule has 0 spiro atoms. The molecule has 0 amide bonds. The largest absolute Gasteiger partial charge is 0.383 e. The van der Waals surface area contributed by atoms with Crippen LogP contribution in [0.1, 0.15) is 69.2 Å². The number of nitrogens with zero attached hydrogens (tertiary/aromatic N) is 2. The van der Waals surface area contributed by atoms with Crippen LogP contribution in [0.25, 0.3) is 0 Å². The molecule has 0 radical (unpaired) electrons. The average Bonchev–Trinajstić information content (AvgIpc) is 2.89. The van der Waals surface area contributed by atoms with Gasteiger partial charge in [0.25, 0.3) is 5.89 Å². The van der Waals surface area contributed by atoms with Gasteiger partial charge in [-0.2, -0.15) is 4.98 Å². The van der Waals surface area contributed by atoms with Crippen LogP contribution in [0, 0.1) is 5.92 Å². The van der Waals surface area contributed by atoms with Crippen molar-refractivity contribution in [3.05, 3.63) is 11.7 Å². The van der Waals surface area contributed by atoms with Crippen molar-refractivity contribution in [2.45, 2.75) is 57.5 Å². The molecule has 0 bridgehead atoms. The molecule has 0 aliphatic heterocycles.